The summed E-state index contributed by atoms with van der Waals surface area (Å²) in [6.07, 6.45) is -3.03. The Morgan fingerprint density at radius 2 is 2.16 bits per heavy atom. The lowest BCUT2D eigenvalue weighted by atomic mass is 10.1. The molecule has 0 bridgehead atoms. The molecule has 0 atom stereocenters. The molecule has 1 N–H and O–H groups in total. The Labute approximate surface area is 142 Å². The first kappa shape index (κ1) is 17.2. The first-order valence-electron chi connectivity index (χ1n) is 6.94. The minimum absolute atomic E-state index is 0.0250. The van der Waals surface area contributed by atoms with Crippen molar-refractivity contribution < 1.29 is 27.1 Å². The third-order valence-electron chi connectivity index (χ3n) is 3.34. The van der Waals surface area contributed by atoms with Crippen LogP contribution in [0.15, 0.2) is 29.8 Å². The maximum atomic E-state index is 13.8. The molecule has 1 aromatic carbocycles. The molecule has 25 heavy (non-hydrogen) atoms. The van der Waals surface area contributed by atoms with Gasteiger partial charge >= 0.3 is 6.18 Å². The second kappa shape index (κ2) is 6.36. The van der Waals surface area contributed by atoms with E-state index in [1.54, 1.807) is 6.07 Å². The van der Waals surface area contributed by atoms with E-state index in [1.807, 2.05) is 5.32 Å². The zero-order valence-electron chi connectivity index (χ0n) is 12.7. The molecule has 0 aliphatic rings. The number of carbonyl (C=O) groups excluding carboxylic acids is 1. The number of benzene rings is 1. The number of carbonyl (C=O) groups is 1. The summed E-state index contributed by atoms with van der Waals surface area (Å²) in [4.78, 5) is 16.6. The van der Waals surface area contributed by atoms with E-state index in [2.05, 4.69) is 4.98 Å². The van der Waals surface area contributed by atoms with Crippen LogP contribution in [0.2, 0.25) is 0 Å². The molecular formula is C15H11F4N3O2S. The third kappa shape index (κ3) is 3.58. The van der Waals surface area contributed by atoms with Crippen LogP contribution in [0.4, 0.5) is 17.6 Å². The van der Waals surface area contributed by atoms with Gasteiger partial charge in [0.1, 0.15) is 12.2 Å². The molecule has 3 aromatic rings. The molecule has 2 heterocycles. The van der Waals surface area contributed by atoms with Crippen LogP contribution in [0.5, 0.6) is 5.75 Å². The topological polar surface area (TPSA) is 55.6 Å². The number of aromatic nitrogens is 2. The number of hydrogen-bond acceptors (Lipinski definition) is 4. The van der Waals surface area contributed by atoms with Gasteiger partial charge in [0, 0.05) is 17.1 Å². The molecule has 0 aliphatic carbocycles. The highest BCUT2D eigenvalue weighted by Gasteiger charge is 2.28. The number of halogens is 4. The average molecular weight is 373 g/mol. The van der Waals surface area contributed by atoms with Crippen molar-refractivity contribution in [3.8, 4) is 17.0 Å². The summed E-state index contributed by atoms with van der Waals surface area (Å²) in [7, 11) is 1.34. The standard InChI is InChI=1S/C15H11F4N3O2S/c1-24-12-3-2-8(4-9(12)16)10-5-22-11(6-25-14(22)21-10)13(23)20-7-15(17,18)19/h2-6H,7H2,1H3,(H,20,23). The zero-order chi connectivity index (χ0) is 18.2. The first-order chi connectivity index (χ1) is 11.8. The fourth-order valence-corrected chi connectivity index (χ4v) is 3.04. The van der Waals surface area contributed by atoms with Crippen molar-refractivity contribution in [1.82, 2.24) is 14.7 Å². The number of ether oxygens (including phenoxy) is 1. The Morgan fingerprint density at radius 3 is 2.80 bits per heavy atom. The third-order valence-corrected chi connectivity index (χ3v) is 4.18. The number of thiazole rings is 1. The molecule has 132 valence electrons. The van der Waals surface area contributed by atoms with Crippen LogP contribution in [0.3, 0.4) is 0 Å². The number of rotatable bonds is 4. The van der Waals surface area contributed by atoms with Crippen molar-refractivity contribution >= 4 is 22.2 Å². The Morgan fingerprint density at radius 1 is 1.40 bits per heavy atom. The monoisotopic (exact) mass is 373 g/mol. The molecule has 3 rings (SSSR count). The van der Waals surface area contributed by atoms with Crippen LogP contribution in [0.1, 0.15) is 10.5 Å². The molecule has 0 unspecified atom stereocenters. The van der Waals surface area contributed by atoms with Gasteiger partial charge in [0.25, 0.3) is 5.91 Å². The summed E-state index contributed by atoms with van der Waals surface area (Å²) in [5.74, 6) is -1.36. The Balaban J connectivity index is 1.90. The van der Waals surface area contributed by atoms with Gasteiger partial charge in [0.15, 0.2) is 16.5 Å². The number of amides is 1. The van der Waals surface area contributed by atoms with Crippen molar-refractivity contribution in [2.75, 3.05) is 13.7 Å². The van der Waals surface area contributed by atoms with Crippen LogP contribution >= 0.6 is 11.3 Å². The summed E-state index contributed by atoms with van der Waals surface area (Å²) < 4.78 is 56.7. The predicted octanol–water partition coefficient (Wildman–Crippen LogP) is 3.50. The molecule has 0 fully saturated rings. The van der Waals surface area contributed by atoms with Gasteiger partial charge in [-0.3, -0.25) is 9.20 Å². The largest absolute Gasteiger partial charge is 0.494 e. The molecule has 0 radical (unpaired) electrons. The second-order valence-electron chi connectivity index (χ2n) is 5.05. The van der Waals surface area contributed by atoms with Gasteiger partial charge in [-0.15, -0.1) is 11.3 Å². The maximum Gasteiger partial charge on any atom is 0.405 e. The van der Waals surface area contributed by atoms with Crippen molar-refractivity contribution in [2.24, 2.45) is 0 Å². The Kier molecular flexibility index (Phi) is 4.38. The highest BCUT2D eigenvalue weighted by molar-refractivity contribution is 7.15. The minimum Gasteiger partial charge on any atom is -0.494 e. The van der Waals surface area contributed by atoms with Gasteiger partial charge in [0.05, 0.1) is 12.8 Å². The quantitative estimate of drug-likeness (QED) is 0.712. The molecule has 5 nitrogen and oxygen atoms in total. The molecule has 10 heteroatoms. The van der Waals surface area contributed by atoms with Crippen LogP contribution in [-0.4, -0.2) is 35.1 Å². The Hall–Kier alpha value is -2.62. The van der Waals surface area contributed by atoms with Gasteiger partial charge in [-0.1, -0.05) is 0 Å². The summed E-state index contributed by atoms with van der Waals surface area (Å²) in [5.41, 5.74) is 0.867. The molecule has 0 aliphatic heterocycles. The van der Waals surface area contributed by atoms with Gasteiger partial charge in [-0.25, -0.2) is 9.37 Å². The van der Waals surface area contributed by atoms with Gasteiger partial charge in [0.2, 0.25) is 0 Å². The summed E-state index contributed by atoms with van der Waals surface area (Å²) in [5, 5.41) is 3.22. The van der Waals surface area contributed by atoms with Crippen molar-refractivity contribution in [3.63, 3.8) is 0 Å². The zero-order valence-corrected chi connectivity index (χ0v) is 13.5. The number of nitrogens with zero attached hydrogens (tertiary/aromatic N) is 2. The lowest BCUT2D eigenvalue weighted by molar-refractivity contribution is -0.123. The predicted molar refractivity (Wildman–Crippen MR) is 83.4 cm³/mol. The summed E-state index contributed by atoms with van der Waals surface area (Å²) >= 11 is 1.09. The smallest absolute Gasteiger partial charge is 0.405 e. The fourth-order valence-electron chi connectivity index (χ4n) is 2.18. The van der Waals surface area contributed by atoms with Crippen molar-refractivity contribution in [3.05, 3.63) is 41.3 Å². The number of methoxy groups -OCH3 is 1. The maximum absolute atomic E-state index is 13.8. The minimum atomic E-state index is -4.49. The van der Waals surface area contributed by atoms with E-state index in [-0.39, 0.29) is 11.4 Å². The highest BCUT2D eigenvalue weighted by atomic mass is 32.1. The summed E-state index contributed by atoms with van der Waals surface area (Å²) in [6.45, 7) is -1.42. The van der Waals surface area contributed by atoms with Gasteiger partial charge in [-0.05, 0) is 18.2 Å². The number of alkyl halides is 3. The van der Waals surface area contributed by atoms with E-state index in [4.69, 9.17) is 4.74 Å². The number of nitrogens with one attached hydrogen (secondary N) is 1. The Bertz CT molecular complexity index is 933. The highest BCUT2D eigenvalue weighted by Crippen LogP contribution is 2.27. The first-order valence-corrected chi connectivity index (χ1v) is 7.82. The van der Waals surface area contributed by atoms with Crippen LogP contribution < -0.4 is 10.1 Å². The van der Waals surface area contributed by atoms with E-state index in [1.165, 1.54) is 35.2 Å². The lowest BCUT2D eigenvalue weighted by Crippen LogP contribution is -2.34. The normalized spacial score (nSPS) is 11.7. The van der Waals surface area contributed by atoms with E-state index < -0.39 is 24.4 Å². The molecule has 0 saturated carbocycles. The molecular weight excluding hydrogens is 362 g/mol. The number of fused-ring (bicyclic) bond motifs is 1. The molecule has 1 amide bonds. The van der Waals surface area contributed by atoms with E-state index in [9.17, 15) is 22.4 Å². The van der Waals surface area contributed by atoms with Crippen LogP contribution in [0, 0.1) is 5.82 Å². The van der Waals surface area contributed by atoms with Crippen LogP contribution in [0.25, 0.3) is 16.2 Å². The molecule has 2 aromatic heterocycles. The van der Waals surface area contributed by atoms with Gasteiger partial charge < -0.3 is 10.1 Å². The average Bonchev–Trinajstić information content (AvgIpc) is 3.12. The van der Waals surface area contributed by atoms with Crippen molar-refractivity contribution in [2.45, 2.75) is 6.18 Å². The second-order valence-corrected chi connectivity index (χ2v) is 5.88. The fraction of sp³-hybridized carbons (Fsp3) is 0.200. The lowest BCUT2D eigenvalue weighted by Gasteiger charge is -2.07. The number of hydrogen-bond donors (Lipinski definition) is 1. The van der Waals surface area contributed by atoms with Crippen LogP contribution in [-0.2, 0) is 0 Å². The van der Waals surface area contributed by atoms with Gasteiger partial charge in [-0.2, -0.15) is 13.2 Å². The van der Waals surface area contributed by atoms with Crippen molar-refractivity contribution in [1.29, 1.82) is 0 Å². The number of imidazole rings is 1. The van der Waals surface area contributed by atoms with E-state index in [0.29, 0.717) is 16.2 Å². The molecule has 0 spiro atoms. The summed E-state index contributed by atoms with van der Waals surface area (Å²) in [6, 6.07) is 4.27. The van der Waals surface area contributed by atoms with E-state index >= 15 is 0 Å². The molecule has 0 saturated heterocycles. The van der Waals surface area contributed by atoms with E-state index in [0.717, 1.165) is 11.3 Å². The SMILES string of the molecule is COc1ccc(-c2cn3c(C(=O)NCC(F)(F)F)csc3n2)cc1F.